The molecule has 0 aromatic carbocycles. The monoisotopic (exact) mass is 178 g/mol. The van der Waals surface area contributed by atoms with Crippen LogP contribution < -0.4 is 5.48 Å². The van der Waals surface area contributed by atoms with Gasteiger partial charge in [-0.05, 0) is 12.2 Å². The average Bonchev–Trinajstić information content (AvgIpc) is 2.48. The minimum absolute atomic E-state index is 0.322. The molecule has 0 radical (unpaired) electrons. The van der Waals surface area contributed by atoms with Crippen molar-refractivity contribution in [1.29, 1.82) is 0 Å². The number of nitrogens with one attached hydrogen (secondary N) is 1. The summed E-state index contributed by atoms with van der Waals surface area (Å²) >= 11 is 0. The van der Waals surface area contributed by atoms with E-state index >= 15 is 0 Å². The number of imide groups is 1. The van der Waals surface area contributed by atoms with E-state index < -0.39 is 0 Å². The number of hydrogen-bond acceptors (Lipinski definition) is 4. The maximum atomic E-state index is 11.1. The summed E-state index contributed by atoms with van der Waals surface area (Å²) < 4.78 is 0. The van der Waals surface area contributed by atoms with Gasteiger partial charge in [0.1, 0.15) is 6.26 Å². The molecule has 0 unspecified atom stereocenters. The minimum atomic E-state index is -0.373. The topological polar surface area (TPSA) is 58.6 Å². The number of allylic oxidation sites excluding steroid dienone is 2. The van der Waals surface area contributed by atoms with Gasteiger partial charge in [-0.2, -0.15) is 0 Å². The second-order valence-electron chi connectivity index (χ2n) is 2.45. The van der Waals surface area contributed by atoms with E-state index in [0.717, 1.165) is 4.90 Å². The zero-order valence-electron chi connectivity index (χ0n) is 6.56. The fraction of sp³-hybridized carbons (Fsp3) is 0. The summed E-state index contributed by atoms with van der Waals surface area (Å²) in [6.07, 6.45) is 6.99. The van der Waals surface area contributed by atoms with Crippen molar-refractivity contribution in [3.05, 3.63) is 36.4 Å². The SMILES string of the molecule is O=C1C=CC(=O)N1C1=CC=CON1. The average molecular weight is 178 g/mol. The van der Waals surface area contributed by atoms with Gasteiger partial charge in [0.25, 0.3) is 11.8 Å². The standard InChI is InChI=1S/C8H6N2O3/c11-7-3-4-8(12)10(7)6-2-1-5-13-9-6/h1-5,9H. The highest BCUT2D eigenvalue weighted by Crippen LogP contribution is 2.11. The van der Waals surface area contributed by atoms with E-state index in [9.17, 15) is 9.59 Å². The molecule has 66 valence electrons. The molecule has 2 rings (SSSR count). The Labute approximate surface area is 73.9 Å². The van der Waals surface area contributed by atoms with Crippen molar-refractivity contribution in [2.75, 3.05) is 0 Å². The Kier molecular flexibility index (Phi) is 1.63. The first kappa shape index (κ1) is 7.60. The van der Waals surface area contributed by atoms with E-state index in [2.05, 4.69) is 5.48 Å². The Morgan fingerprint density at radius 2 is 1.92 bits per heavy atom. The maximum Gasteiger partial charge on any atom is 0.259 e. The van der Waals surface area contributed by atoms with E-state index in [4.69, 9.17) is 4.84 Å². The van der Waals surface area contributed by atoms with E-state index in [1.54, 1.807) is 12.2 Å². The van der Waals surface area contributed by atoms with Crippen LogP contribution in [0.5, 0.6) is 0 Å². The molecule has 2 aliphatic rings. The highest BCUT2D eigenvalue weighted by molar-refractivity contribution is 6.14. The van der Waals surface area contributed by atoms with Crippen LogP contribution in [-0.4, -0.2) is 16.7 Å². The molecule has 0 aliphatic carbocycles. The summed E-state index contributed by atoms with van der Waals surface area (Å²) in [4.78, 5) is 28.0. The molecule has 2 heterocycles. The van der Waals surface area contributed by atoms with Gasteiger partial charge in [-0.1, -0.05) is 0 Å². The third kappa shape index (κ3) is 1.20. The highest BCUT2D eigenvalue weighted by Gasteiger charge is 2.27. The lowest BCUT2D eigenvalue weighted by Gasteiger charge is -2.19. The Morgan fingerprint density at radius 1 is 1.23 bits per heavy atom. The van der Waals surface area contributed by atoms with E-state index in [1.165, 1.54) is 18.4 Å². The van der Waals surface area contributed by atoms with Gasteiger partial charge in [-0.15, -0.1) is 0 Å². The molecule has 5 nitrogen and oxygen atoms in total. The molecule has 2 aliphatic heterocycles. The van der Waals surface area contributed by atoms with Crippen molar-refractivity contribution < 1.29 is 14.4 Å². The lowest BCUT2D eigenvalue weighted by Crippen LogP contribution is -2.36. The van der Waals surface area contributed by atoms with Crippen molar-refractivity contribution in [3.8, 4) is 0 Å². The summed E-state index contributed by atoms with van der Waals surface area (Å²) in [7, 11) is 0. The molecular formula is C8H6N2O3. The lowest BCUT2D eigenvalue weighted by atomic mass is 10.4. The smallest absolute Gasteiger partial charge is 0.259 e. The first-order chi connectivity index (χ1) is 6.29. The molecule has 0 saturated heterocycles. The molecule has 0 saturated carbocycles. The van der Waals surface area contributed by atoms with Crippen LogP contribution in [0.4, 0.5) is 0 Å². The lowest BCUT2D eigenvalue weighted by molar-refractivity contribution is -0.135. The Balaban J connectivity index is 2.26. The van der Waals surface area contributed by atoms with Gasteiger partial charge in [0.2, 0.25) is 0 Å². The molecule has 0 spiro atoms. The number of carbonyl (C=O) groups excluding carboxylic acids is 2. The minimum Gasteiger partial charge on any atom is -0.389 e. The van der Waals surface area contributed by atoms with Crippen molar-refractivity contribution in [2.24, 2.45) is 0 Å². The number of carbonyl (C=O) groups is 2. The Bertz CT molecular complexity index is 336. The first-order valence-electron chi connectivity index (χ1n) is 3.63. The van der Waals surface area contributed by atoms with Crippen LogP contribution >= 0.6 is 0 Å². The van der Waals surface area contributed by atoms with Crippen molar-refractivity contribution in [2.45, 2.75) is 0 Å². The van der Waals surface area contributed by atoms with Gasteiger partial charge in [-0.25, -0.2) is 10.4 Å². The Hall–Kier alpha value is -2.04. The van der Waals surface area contributed by atoms with Crippen LogP contribution in [0.3, 0.4) is 0 Å². The molecule has 0 fully saturated rings. The number of hydrogen-bond donors (Lipinski definition) is 1. The quantitative estimate of drug-likeness (QED) is 0.565. The number of nitrogens with zero attached hydrogens (tertiary/aromatic N) is 1. The van der Waals surface area contributed by atoms with Gasteiger partial charge in [0, 0.05) is 12.2 Å². The van der Waals surface area contributed by atoms with Gasteiger partial charge < -0.3 is 4.84 Å². The predicted octanol–water partition coefficient (Wildman–Crippen LogP) is -0.199. The van der Waals surface area contributed by atoms with Crippen molar-refractivity contribution in [3.63, 3.8) is 0 Å². The number of hydroxylamine groups is 1. The molecule has 0 aromatic heterocycles. The van der Waals surface area contributed by atoms with Crippen LogP contribution in [0.2, 0.25) is 0 Å². The number of rotatable bonds is 1. The highest BCUT2D eigenvalue weighted by atomic mass is 16.6. The van der Waals surface area contributed by atoms with Gasteiger partial charge in [0.15, 0.2) is 5.82 Å². The van der Waals surface area contributed by atoms with E-state index in [1.807, 2.05) is 0 Å². The van der Waals surface area contributed by atoms with Gasteiger partial charge in [-0.3, -0.25) is 9.59 Å². The molecule has 0 bridgehead atoms. The van der Waals surface area contributed by atoms with Crippen LogP contribution in [0.15, 0.2) is 36.4 Å². The molecule has 2 amide bonds. The van der Waals surface area contributed by atoms with Crippen LogP contribution in [-0.2, 0) is 14.4 Å². The molecule has 0 aromatic rings. The summed E-state index contributed by atoms with van der Waals surface area (Å²) in [5.74, 6) is -0.423. The second kappa shape index (κ2) is 2.78. The molecule has 0 atom stereocenters. The largest absolute Gasteiger partial charge is 0.389 e. The van der Waals surface area contributed by atoms with Crippen LogP contribution in [0.1, 0.15) is 0 Å². The van der Waals surface area contributed by atoms with Gasteiger partial charge >= 0.3 is 0 Å². The molecule has 5 heteroatoms. The zero-order chi connectivity index (χ0) is 9.26. The number of amides is 2. The normalized spacial score (nSPS) is 20.0. The fourth-order valence-corrected chi connectivity index (χ4v) is 1.06. The summed E-state index contributed by atoms with van der Waals surface area (Å²) in [6.45, 7) is 0. The third-order valence-corrected chi connectivity index (χ3v) is 1.61. The first-order valence-corrected chi connectivity index (χ1v) is 3.63. The van der Waals surface area contributed by atoms with Crippen molar-refractivity contribution in [1.82, 2.24) is 10.4 Å². The Morgan fingerprint density at radius 3 is 2.46 bits per heavy atom. The zero-order valence-corrected chi connectivity index (χ0v) is 6.56. The van der Waals surface area contributed by atoms with Crippen LogP contribution in [0.25, 0.3) is 0 Å². The van der Waals surface area contributed by atoms with Gasteiger partial charge in [0.05, 0.1) is 0 Å². The molecule has 13 heavy (non-hydrogen) atoms. The summed E-state index contributed by atoms with van der Waals surface area (Å²) in [5.41, 5.74) is 2.44. The van der Waals surface area contributed by atoms with E-state index in [0.29, 0.717) is 5.82 Å². The summed E-state index contributed by atoms with van der Waals surface area (Å²) in [6, 6.07) is 0. The van der Waals surface area contributed by atoms with Crippen LogP contribution in [0, 0.1) is 0 Å². The third-order valence-electron chi connectivity index (χ3n) is 1.61. The van der Waals surface area contributed by atoms with E-state index in [-0.39, 0.29) is 11.8 Å². The molecule has 1 N–H and O–H groups in total. The van der Waals surface area contributed by atoms with Crippen molar-refractivity contribution >= 4 is 11.8 Å². The molecular weight excluding hydrogens is 172 g/mol. The summed E-state index contributed by atoms with van der Waals surface area (Å²) in [5, 5.41) is 0. The fourth-order valence-electron chi connectivity index (χ4n) is 1.06. The maximum absolute atomic E-state index is 11.1. The second-order valence-corrected chi connectivity index (χ2v) is 2.45. The predicted molar refractivity (Wildman–Crippen MR) is 42.4 cm³/mol.